The summed E-state index contributed by atoms with van der Waals surface area (Å²) in [7, 11) is 0.981. The highest BCUT2D eigenvalue weighted by Gasteiger charge is 2.21. The molecule has 7 heteroatoms. The summed E-state index contributed by atoms with van der Waals surface area (Å²) in [5.41, 5.74) is 3.17. The number of hydrogen-bond donors (Lipinski definition) is 0. The van der Waals surface area contributed by atoms with Crippen molar-refractivity contribution in [2.45, 2.75) is 4.90 Å². The first kappa shape index (κ1) is 21.5. The van der Waals surface area contributed by atoms with E-state index in [9.17, 15) is 8.42 Å². The van der Waals surface area contributed by atoms with Crippen molar-refractivity contribution in [1.82, 2.24) is 3.97 Å². The minimum Gasteiger partial charge on any atom is -0.497 e. The predicted octanol–water partition coefficient (Wildman–Crippen LogP) is 5.08. The number of hydrogen-bond acceptors (Lipinski definition) is 5. The first-order valence-electron chi connectivity index (χ1n) is 9.87. The molecule has 1 aromatic heterocycles. The molecule has 0 atom stereocenters. The van der Waals surface area contributed by atoms with Crippen LogP contribution in [0, 0.1) is 0 Å². The van der Waals surface area contributed by atoms with E-state index in [1.807, 2.05) is 36.4 Å². The zero-order valence-electron chi connectivity index (χ0n) is 18.0. The van der Waals surface area contributed by atoms with Gasteiger partial charge < -0.3 is 14.2 Å². The monoisotopic (exact) mass is 449 g/mol. The van der Waals surface area contributed by atoms with Gasteiger partial charge >= 0.3 is 0 Å². The van der Waals surface area contributed by atoms with Crippen LogP contribution in [-0.4, -0.2) is 33.7 Å². The molecule has 0 fully saturated rings. The third-order valence-electron chi connectivity index (χ3n) is 5.22. The Morgan fingerprint density at radius 1 is 0.656 bits per heavy atom. The van der Waals surface area contributed by atoms with Crippen molar-refractivity contribution < 1.29 is 22.6 Å². The van der Waals surface area contributed by atoms with Crippen LogP contribution >= 0.6 is 0 Å². The first-order valence-corrected chi connectivity index (χ1v) is 11.3. The van der Waals surface area contributed by atoms with E-state index in [0.717, 1.165) is 28.0 Å². The van der Waals surface area contributed by atoms with E-state index in [2.05, 4.69) is 0 Å². The Balaban J connectivity index is 1.91. The zero-order valence-corrected chi connectivity index (χ0v) is 18.8. The Kier molecular flexibility index (Phi) is 5.92. The van der Waals surface area contributed by atoms with Gasteiger partial charge in [-0.15, -0.1) is 0 Å². The van der Waals surface area contributed by atoms with Gasteiger partial charge in [0.2, 0.25) is 0 Å². The standard InChI is InChI=1S/C25H23NO5S/c1-29-20-12-9-18(10-13-20)22-16-26(32(27,28)21-7-5-4-6-8-21)17-23(22)19-11-14-24(30-2)25(15-19)31-3/h4-17H,1-3H3. The molecule has 0 amide bonds. The predicted molar refractivity (Wildman–Crippen MR) is 124 cm³/mol. The van der Waals surface area contributed by atoms with E-state index in [-0.39, 0.29) is 4.90 Å². The maximum absolute atomic E-state index is 13.3. The number of benzene rings is 3. The molecule has 0 radical (unpaired) electrons. The second kappa shape index (κ2) is 8.80. The summed E-state index contributed by atoms with van der Waals surface area (Å²) in [6.07, 6.45) is 3.26. The molecule has 0 unspecified atom stereocenters. The van der Waals surface area contributed by atoms with E-state index in [1.54, 1.807) is 70.1 Å². The average Bonchev–Trinajstić information content (AvgIpc) is 3.30. The molecule has 164 valence electrons. The lowest BCUT2D eigenvalue weighted by molar-refractivity contribution is 0.355. The molecule has 0 aliphatic heterocycles. The molecule has 0 saturated heterocycles. The Morgan fingerprint density at radius 2 is 1.25 bits per heavy atom. The first-order chi connectivity index (χ1) is 15.5. The SMILES string of the molecule is COc1ccc(-c2cn(S(=O)(=O)c3ccccc3)cc2-c2ccc(OC)c(OC)c2)cc1. The van der Waals surface area contributed by atoms with Gasteiger partial charge in [-0.2, -0.15) is 0 Å². The fraction of sp³-hybridized carbons (Fsp3) is 0.120. The summed E-state index contributed by atoms with van der Waals surface area (Å²) in [6, 6.07) is 21.4. The van der Waals surface area contributed by atoms with E-state index < -0.39 is 10.0 Å². The van der Waals surface area contributed by atoms with Gasteiger partial charge in [-0.25, -0.2) is 12.4 Å². The number of nitrogens with zero attached hydrogens (tertiary/aromatic N) is 1. The summed E-state index contributed by atoms with van der Waals surface area (Å²) in [4.78, 5) is 0.218. The maximum atomic E-state index is 13.3. The van der Waals surface area contributed by atoms with E-state index in [4.69, 9.17) is 14.2 Å². The van der Waals surface area contributed by atoms with Crippen LogP contribution < -0.4 is 14.2 Å². The number of ether oxygens (including phenoxy) is 3. The lowest BCUT2D eigenvalue weighted by Crippen LogP contribution is -2.10. The minimum absolute atomic E-state index is 0.218. The van der Waals surface area contributed by atoms with E-state index in [0.29, 0.717) is 11.5 Å². The van der Waals surface area contributed by atoms with Crippen LogP contribution in [0.2, 0.25) is 0 Å². The summed E-state index contributed by atoms with van der Waals surface area (Å²) >= 11 is 0. The van der Waals surface area contributed by atoms with Crippen molar-refractivity contribution >= 4 is 10.0 Å². The Morgan fingerprint density at radius 3 is 1.84 bits per heavy atom. The van der Waals surface area contributed by atoms with E-state index >= 15 is 0 Å². The fourth-order valence-corrected chi connectivity index (χ4v) is 4.75. The quantitative estimate of drug-likeness (QED) is 0.393. The van der Waals surface area contributed by atoms with Crippen molar-refractivity contribution in [3.63, 3.8) is 0 Å². The van der Waals surface area contributed by atoms with Gasteiger partial charge in [0.15, 0.2) is 11.5 Å². The van der Waals surface area contributed by atoms with Gasteiger partial charge in [0.1, 0.15) is 5.75 Å². The van der Waals surface area contributed by atoms with Crippen LogP contribution in [0.15, 0.2) is 90.1 Å². The number of methoxy groups -OCH3 is 3. The minimum atomic E-state index is -3.76. The fourth-order valence-electron chi connectivity index (χ4n) is 3.52. The van der Waals surface area contributed by atoms with Crippen LogP contribution in [0.3, 0.4) is 0 Å². The zero-order chi connectivity index (χ0) is 22.7. The van der Waals surface area contributed by atoms with Crippen LogP contribution in [-0.2, 0) is 10.0 Å². The smallest absolute Gasteiger partial charge is 0.267 e. The Bertz CT molecular complexity index is 1330. The number of rotatable bonds is 7. The summed E-state index contributed by atoms with van der Waals surface area (Å²) < 4.78 is 43.9. The molecule has 0 aliphatic carbocycles. The normalized spacial score (nSPS) is 11.2. The highest BCUT2D eigenvalue weighted by atomic mass is 32.2. The molecule has 4 rings (SSSR count). The van der Waals surface area contributed by atoms with Crippen molar-refractivity contribution in [1.29, 1.82) is 0 Å². The molecule has 0 spiro atoms. The van der Waals surface area contributed by atoms with Crippen molar-refractivity contribution in [3.05, 3.63) is 85.2 Å². The van der Waals surface area contributed by atoms with E-state index in [1.165, 1.54) is 3.97 Å². The topological polar surface area (TPSA) is 66.8 Å². The lowest BCUT2D eigenvalue weighted by Gasteiger charge is -2.10. The van der Waals surface area contributed by atoms with Crippen LogP contribution in [0.1, 0.15) is 0 Å². The second-order valence-corrected chi connectivity index (χ2v) is 8.87. The molecule has 32 heavy (non-hydrogen) atoms. The Hall–Kier alpha value is -3.71. The van der Waals surface area contributed by atoms with Gasteiger partial charge in [-0.3, -0.25) is 0 Å². The summed E-state index contributed by atoms with van der Waals surface area (Å²) in [5, 5.41) is 0. The van der Waals surface area contributed by atoms with Gasteiger partial charge in [0.05, 0.1) is 26.2 Å². The molecular weight excluding hydrogens is 426 g/mol. The van der Waals surface area contributed by atoms with Crippen LogP contribution in [0.25, 0.3) is 22.3 Å². The highest BCUT2D eigenvalue weighted by Crippen LogP contribution is 2.39. The number of aromatic nitrogens is 1. The molecule has 6 nitrogen and oxygen atoms in total. The van der Waals surface area contributed by atoms with Gasteiger partial charge in [-0.1, -0.05) is 36.4 Å². The molecule has 0 saturated carbocycles. The van der Waals surface area contributed by atoms with Crippen molar-refractivity contribution in [2.75, 3.05) is 21.3 Å². The van der Waals surface area contributed by atoms with Crippen molar-refractivity contribution in [3.8, 4) is 39.5 Å². The van der Waals surface area contributed by atoms with Gasteiger partial charge in [0.25, 0.3) is 10.0 Å². The molecule has 3 aromatic carbocycles. The second-order valence-electron chi connectivity index (χ2n) is 7.03. The van der Waals surface area contributed by atoms with Crippen LogP contribution in [0.4, 0.5) is 0 Å². The molecular formula is C25H23NO5S. The molecule has 0 N–H and O–H groups in total. The molecule has 1 heterocycles. The Labute approximate surface area is 187 Å². The lowest BCUT2D eigenvalue weighted by atomic mass is 9.99. The average molecular weight is 450 g/mol. The maximum Gasteiger partial charge on any atom is 0.267 e. The largest absolute Gasteiger partial charge is 0.497 e. The summed E-state index contributed by atoms with van der Waals surface area (Å²) in [5.74, 6) is 1.88. The third-order valence-corrected chi connectivity index (χ3v) is 6.85. The molecule has 0 bridgehead atoms. The van der Waals surface area contributed by atoms with Crippen molar-refractivity contribution in [2.24, 2.45) is 0 Å². The van der Waals surface area contributed by atoms with Gasteiger partial charge in [-0.05, 0) is 47.5 Å². The summed E-state index contributed by atoms with van der Waals surface area (Å²) in [6.45, 7) is 0. The third kappa shape index (κ3) is 3.94. The highest BCUT2D eigenvalue weighted by molar-refractivity contribution is 7.90. The molecule has 4 aromatic rings. The molecule has 0 aliphatic rings. The van der Waals surface area contributed by atoms with Gasteiger partial charge in [0, 0.05) is 23.5 Å². The van der Waals surface area contributed by atoms with Crippen LogP contribution in [0.5, 0.6) is 17.2 Å².